The average molecular weight is 414 g/mol. The van der Waals surface area contributed by atoms with E-state index in [2.05, 4.69) is 45.3 Å². The van der Waals surface area contributed by atoms with Crippen molar-refractivity contribution >= 4 is 23.9 Å². The van der Waals surface area contributed by atoms with Crippen LogP contribution >= 0.6 is 0 Å². The SMILES string of the molecule is C=CC(=O)OCC(O)COC(=O)C(=C)C.C=CC(=O)OCC(O)COC(=O)C=C. The van der Waals surface area contributed by atoms with Crippen molar-refractivity contribution in [1.82, 2.24) is 0 Å². The van der Waals surface area contributed by atoms with Gasteiger partial charge in [0.2, 0.25) is 0 Å². The van der Waals surface area contributed by atoms with Crippen molar-refractivity contribution in [3.05, 3.63) is 50.1 Å². The second-order valence-corrected chi connectivity index (χ2v) is 5.19. The molecular weight excluding hydrogens is 388 g/mol. The van der Waals surface area contributed by atoms with Crippen molar-refractivity contribution < 1.29 is 48.3 Å². The Morgan fingerprint density at radius 1 is 0.724 bits per heavy atom. The van der Waals surface area contributed by atoms with Gasteiger partial charge in [0.05, 0.1) is 0 Å². The summed E-state index contributed by atoms with van der Waals surface area (Å²) in [5.41, 5.74) is 0.241. The first-order valence-electron chi connectivity index (χ1n) is 8.13. The third kappa shape index (κ3) is 17.9. The molecule has 10 nitrogen and oxygen atoms in total. The highest BCUT2D eigenvalue weighted by Gasteiger charge is 2.11. The predicted octanol–water partition coefficient (Wildman–Crippen LogP) is 0.00150. The number of ether oxygens (including phenoxy) is 4. The average Bonchev–Trinajstić information content (AvgIpc) is 2.72. The molecule has 0 saturated heterocycles. The fraction of sp³-hybridized carbons (Fsp3) is 0.368. The molecule has 0 fully saturated rings. The topological polar surface area (TPSA) is 146 Å². The number of hydrogen-bond donors (Lipinski definition) is 2. The summed E-state index contributed by atoms with van der Waals surface area (Å²) in [5.74, 6) is -2.51. The van der Waals surface area contributed by atoms with Crippen LogP contribution in [-0.2, 0) is 38.1 Å². The van der Waals surface area contributed by atoms with Crippen LogP contribution < -0.4 is 0 Å². The van der Waals surface area contributed by atoms with Crippen LogP contribution in [0.15, 0.2) is 50.1 Å². The normalized spacial score (nSPS) is 10.3. The first-order chi connectivity index (χ1) is 13.6. The molecule has 29 heavy (non-hydrogen) atoms. The van der Waals surface area contributed by atoms with Gasteiger partial charge in [-0.2, -0.15) is 0 Å². The fourth-order valence-corrected chi connectivity index (χ4v) is 1.10. The Morgan fingerprint density at radius 3 is 1.24 bits per heavy atom. The molecule has 0 aromatic carbocycles. The Balaban J connectivity index is 0. The van der Waals surface area contributed by atoms with Gasteiger partial charge in [0.25, 0.3) is 0 Å². The summed E-state index contributed by atoms with van der Waals surface area (Å²) in [6.07, 6.45) is 0.845. The Morgan fingerprint density at radius 2 is 1.00 bits per heavy atom. The zero-order valence-corrected chi connectivity index (χ0v) is 16.2. The van der Waals surface area contributed by atoms with E-state index in [-0.39, 0.29) is 32.0 Å². The van der Waals surface area contributed by atoms with Gasteiger partial charge in [0, 0.05) is 23.8 Å². The molecule has 0 amide bonds. The molecule has 0 aliphatic rings. The predicted molar refractivity (Wildman–Crippen MR) is 101 cm³/mol. The first kappa shape index (κ1) is 28.0. The zero-order valence-electron chi connectivity index (χ0n) is 16.2. The van der Waals surface area contributed by atoms with E-state index in [0.717, 1.165) is 18.2 Å². The third-order valence-corrected chi connectivity index (χ3v) is 2.51. The minimum atomic E-state index is -1.04. The van der Waals surface area contributed by atoms with Crippen LogP contribution in [0.4, 0.5) is 0 Å². The van der Waals surface area contributed by atoms with Crippen molar-refractivity contribution in [3.8, 4) is 0 Å². The molecule has 0 aliphatic heterocycles. The molecule has 0 aromatic heterocycles. The van der Waals surface area contributed by atoms with E-state index >= 15 is 0 Å². The van der Waals surface area contributed by atoms with Crippen LogP contribution in [0, 0.1) is 0 Å². The molecule has 0 rings (SSSR count). The number of aliphatic hydroxyl groups excluding tert-OH is 2. The summed E-state index contributed by atoms with van der Waals surface area (Å²) in [4.78, 5) is 42.5. The van der Waals surface area contributed by atoms with Crippen molar-refractivity contribution in [2.24, 2.45) is 0 Å². The molecule has 1 unspecified atom stereocenters. The molecule has 0 saturated carbocycles. The smallest absolute Gasteiger partial charge is 0.333 e. The summed E-state index contributed by atoms with van der Waals surface area (Å²) in [6.45, 7) is 13.4. The van der Waals surface area contributed by atoms with Gasteiger partial charge < -0.3 is 29.2 Å². The van der Waals surface area contributed by atoms with Crippen molar-refractivity contribution in [3.63, 3.8) is 0 Å². The molecule has 0 bridgehead atoms. The molecule has 2 N–H and O–H groups in total. The van der Waals surface area contributed by atoms with E-state index in [4.69, 9.17) is 5.11 Å². The third-order valence-electron chi connectivity index (χ3n) is 2.51. The maximum absolute atomic E-state index is 10.9. The molecule has 10 heteroatoms. The maximum Gasteiger partial charge on any atom is 0.333 e. The lowest BCUT2D eigenvalue weighted by Gasteiger charge is -2.10. The quantitative estimate of drug-likeness (QED) is 0.254. The van der Waals surface area contributed by atoms with Gasteiger partial charge in [-0.1, -0.05) is 26.3 Å². The highest BCUT2D eigenvalue weighted by molar-refractivity contribution is 5.87. The number of esters is 4. The molecule has 162 valence electrons. The van der Waals surface area contributed by atoms with E-state index in [1.54, 1.807) is 0 Å². The molecule has 0 heterocycles. The van der Waals surface area contributed by atoms with Gasteiger partial charge >= 0.3 is 23.9 Å². The first-order valence-corrected chi connectivity index (χ1v) is 8.13. The number of aliphatic hydroxyl groups is 2. The van der Waals surface area contributed by atoms with Gasteiger partial charge in [-0.05, 0) is 6.92 Å². The Labute approximate surface area is 168 Å². The van der Waals surface area contributed by atoms with E-state index in [1.807, 2.05) is 0 Å². The van der Waals surface area contributed by atoms with Gasteiger partial charge in [-0.15, -0.1) is 0 Å². The standard InChI is InChI=1S/C10H14O5.C9H12O5/c1-4-9(12)14-5-8(11)6-15-10(13)7(2)3;1-3-8(11)13-5-7(10)6-14-9(12)4-2/h4,8,11H,1-2,5-6H2,3H3;3-4,7,10H,1-2,5-6H2. The summed E-state index contributed by atoms with van der Waals surface area (Å²) >= 11 is 0. The van der Waals surface area contributed by atoms with Crippen LogP contribution in [-0.4, -0.2) is 72.7 Å². The van der Waals surface area contributed by atoms with E-state index in [0.29, 0.717) is 0 Å². The number of carbonyl (C=O) groups excluding carboxylic acids is 4. The lowest BCUT2D eigenvalue weighted by Crippen LogP contribution is -2.25. The number of carbonyl (C=O) groups is 4. The number of hydrogen-bond acceptors (Lipinski definition) is 10. The molecule has 0 radical (unpaired) electrons. The Hall–Kier alpha value is -3.24. The number of rotatable bonds is 12. The second kappa shape index (κ2) is 16.9. The van der Waals surface area contributed by atoms with Gasteiger partial charge in [-0.25, -0.2) is 19.2 Å². The molecule has 0 spiro atoms. The minimum Gasteiger partial charge on any atom is -0.460 e. The molecule has 1 atom stereocenters. The second-order valence-electron chi connectivity index (χ2n) is 5.19. The summed E-state index contributed by atoms with van der Waals surface area (Å²) in [7, 11) is 0. The maximum atomic E-state index is 10.9. The lowest BCUT2D eigenvalue weighted by molar-refractivity contribution is -0.148. The van der Waals surface area contributed by atoms with E-state index in [9.17, 15) is 24.3 Å². The van der Waals surface area contributed by atoms with E-state index in [1.165, 1.54) is 6.92 Å². The fourth-order valence-electron chi connectivity index (χ4n) is 1.10. The van der Waals surface area contributed by atoms with Crippen molar-refractivity contribution in [1.29, 1.82) is 0 Å². The highest BCUT2D eigenvalue weighted by atomic mass is 16.6. The van der Waals surface area contributed by atoms with Crippen LogP contribution in [0.25, 0.3) is 0 Å². The van der Waals surface area contributed by atoms with E-state index < -0.39 is 36.1 Å². The van der Waals surface area contributed by atoms with Crippen LogP contribution in [0.5, 0.6) is 0 Å². The monoisotopic (exact) mass is 414 g/mol. The Kier molecular flexibility index (Phi) is 16.3. The van der Waals surface area contributed by atoms with Gasteiger partial charge in [-0.3, -0.25) is 0 Å². The van der Waals surface area contributed by atoms with Gasteiger partial charge in [0.1, 0.15) is 38.6 Å². The van der Waals surface area contributed by atoms with Crippen LogP contribution in [0.2, 0.25) is 0 Å². The Bertz CT molecular complexity index is 584. The van der Waals surface area contributed by atoms with Crippen molar-refractivity contribution in [2.45, 2.75) is 19.1 Å². The lowest BCUT2D eigenvalue weighted by atomic mass is 10.3. The van der Waals surface area contributed by atoms with Gasteiger partial charge in [0.15, 0.2) is 0 Å². The molecule has 0 aliphatic carbocycles. The largest absolute Gasteiger partial charge is 0.460 e. The highest BCUT2D eigenvalue weighted by Crippen LogP contribution is 1.95. The minimum absolute atomic E-state index is 0.240. The molecular formula is C19H26O10. The molecule has 0 aromatic rings. The summed E-state index contributed by atoms with van der Waals surface area (Å²) < 4.78 is 18.1. The van der Waals surface area contributed by atoms with Crippen molar-refractivity contribution in [2.75, 3.05) is 26.4 Å². The summed E-state index contributed by atoms with van der Waals surface area (Å²) in [6, 6.07) is 0. The van der Waals surface area contributed by atoms with Crippen LogP contribution in [0.1, 0.15) is 6.92 Å². The zero-order chi connectivity index (χ0) is 22.8. The summed E-state index contributed by atoms with van der Waals surface area (Å²) in [5, 5.41) is 18.3. The van der Waals surface area contributed by atoms with Crippen LogP contribution in [0.3, 0.4) is 0 Å².